The van der Waals surface area contributed by atoms with Crippen molar-refractivity contribution in [2.24, 2.45) is 0 Å². The Morgan fingerprint density at radius 3 is 2.75 bits per heavy atom. The van der Waals surface area contributed by atoms with Crippen LogP contribution in [0.4, 0.5) is 0 Å². The van der Waals surface area contributed by atoms with Crippen molar-refractivity contribution in [3.8, 4) is 22.9 Å². The number of halogens is 1. The number of nitriles is 1. The summed E-state index contributed by atoms with van der Waals surface area (Å²) in [5.74, 6) is 0.498. The molecule has 1 aromatic carbocycles. The lowest BCUT2D eigenvalue weighted by atomic mass is 10.1. The van der Waals surface area contributed by atoms with E-state index in [1.54, 1.807) is 35.5 Å². The molecule has 3 rings (SSSR count). The van der Waals surface area contributed by atoms with Gasteiger partial charge in [0.1, 0.15) is 30.6 Å². The summed E-state index contributed by atoms with van der Waals surface area (Å²) in [6.07, 6.45) is 6.15. The first-order valence-corrected chi connectivity index (χ1v) is 7.54. The Bertz CT molecular complexity index is 857. The summed E-state index contributed by atoms with van der Waals surface area (Å²) in [7, 11) is 0. The molecule has 0 spiro atoms. The maximum atomic E-state index is 9.29. The molecule has 8 heteroatoms. The van der Waals surface area contributed by atoms with Crippen molar-refractivity contribution in [3.05, 3.63) is 54.1 Å². The Morgan fingerprint density at radius 1 is 1.29 bits per heavy atom. The number of rotatable bonds is 5. The largest absolute Gasteiger partial charge is 0.487 e. The number of nitrogens with zero attached hydrogens (tertiary/aromatic N) is 6. The molecule has 0 saturated carbocycles. The number of hydrogen-bond acceptors (Lipinski definition) is 6. The molecule has 0 aliphatic rings. The van der Waals surface area contributed by atoms with Gasteiger partial charge in [0, 0.05) is 18.0 Å². The molecule has 1 atom stereocenters. The third kappa shape index (κ3) is 3.67. The van der Waals surface area contributed by atoms with Gasteiger partial charge in [0.2, 0.25) is 5.28 Å². The van der Waals surface area contributed by atoms with Gasteiger partial charge in [0.25, 0.3) is 0 Å². The summed E-state index contributed by atoms with van der Waals surface area (Å²) in [5, 5.41) is 13.5. The standard InChI is InChI=1S/C16H13ClN6O/c1-11(8-23-10-19-9-22-23)24-15-4-12(2-3-13(15)5-18)14-6-20-16(17)21-7-14/h2-4,6-7,9-11H,8H2,1H3. The predicted molar refractivity (Wildman–Crippen MR) is 87.3 cm³/mol. The smallest absolute Gasteiger partial charge is 0.222 e. The number of hydrogen-bond donors (Lipinski definition) is 0. The minimum Gasteiger partial charge on any atom is -0.487 e. The summed E-state index contributed by atoms with van der Waals surface area (Å²) >= 11 is 5.71. The Balaban J connectivity index is 1.84. The van der Waals surface area contributed by atoms with Crippen molar-refractivity contribution in [3.63, 3.8) is 0 Å². The monoisotopic (exact) mass is 340 g/mol. The Morgan fingerprint density at radius 2 is 2.08 bits per heavy atom. The molecule has 3 aromatic rings. The molecule has 0 saturated heterocycles. The minimum absolute atomic E-state index is 0.185. The van der Waals surface area contributed by atoms with Gasteiger partial charge >= 0.3 is 0 Å². The van der Waals surface area contributed by atoms with Gasteiger partial charge < -0.3 is 4.74 Å². The fourth-order valence-electron chi connectivity index (χ4n) is 2.20. The van der Waals surface area contributed by atoms with E-state index in [9.17, 15) is 5.26 Å². The van der Waals surface area contributed by atoms with Crippen molar-refractivity contribution in [1.29, 1.82) is 5.26 Å². The quantitative estimate of drug-likeness (QED) is 0.663. The third-order valence-corrected chi connectivity index (χ3v) is 3.49. The van der Waals surface area contributed by atoms with Crippen molar-refractivity contribution in [2.75, 3.05) is 0 Å². The van der Waals surface area contributed by atoms with E-state index in [1.807, 2.05) is 13.0 Å². The highest BCUT2D eigenvalue weighted by atomic mass is 35.5. The van der Waals surface area contributed by atoms with Crippen LogP contribution in [0.3, 0.4) is 0 Å². The van der Waals surface area contributed by atoms with Crippen LogP contribution in [0.15, 0.2) is 43.2 Å². The molecule has 0 amide bonds. The molecule has 2 heterocycles. The van der Waals surface area contributed by atoms with Crippen molar-refractivity contribution in [2.45, 2.75) is 19.6 Å². The lowest BCUT2D eigenvalue weighted by Gasteiger charge is -2.16. The lowest BCUT2D eigenvalue weighted by molar-refractivity contribution is 0.193. The Labute approximate surface area is 143 Å². The van der Waals surface area contributed by atoms with Gasteiger partial charge in [0.15, 0.2) is 0 Å². The van der Waals surface area contributed by atoms with E-state index in [1.165, 1.54) is 6.33 Å². The van der Waals surface area contributed by atoms with Gasteiger partial charge in [-0.15, -0.1) is 0 Å². The summed E-state index contributed by atoms with van der Waals surface area (Å²) in [5.41, 5.74) is 2.09. The zero-order valence-electron chi connectivity index (χ0n) is 12.8. The van der Waals surface area contributed by atoms with Crippen LogP contribution in [0.1, 0.15) is 12.5 Å². The maximum Gasteiger partial charge on any atom is 0.222 e. The van der Waals surface area contributed by atoms with Crippen molar-refractivity contribution >= 4 is 11.6 Å². The van der Waals surface area contributed by atoms with Gasteiger partial charge in [0.05, 0.1) is 12.1 Å². The van der Waals surface area contributed by atoms with Crippen LogP contribution in [0.5, 0.6) is 5.75 Å². The Kier molecular flexibility index (Phi) is 4.68. The summed E-state index contributed by atoms with van der Waals surface area (Å²) in [6, 6.07) is 7.46. The van der Waals surface area contributed by atoms with Crippen molar-refractivity contribution < 1.29 is 4.74 Å². The molecule has 0 bridgehead atoms. The van der Waals surface area contributed by atoms with Crippen molar-refractivity contribution in [1.82, 2.24) is 24.7 Å². The van der Waals surface area contributed by atoms with Gasteiger partial charge in [-0.1, -0.05) is 6.07 Å². The molecular weight excluding hydrogens is 328 g/mol. The first kappa shape index (κ1) is 15.9. The first-order valence-electron chi connectivity index (χ1n) is 7.17. The fraction of sp³-hybridized carbons (Fsp3) is 0.188. The summed E-state index contributed by atoms with van der Waals surface area (Å²) < 4.78 is 7.59. The van der Waals surface area contributed by atoms with E-state index in [0.29, 0.717) is 17.9 Å². The first-order chi connectivity index (χ1) is 11.7. The minimum atomic E-state index is -0.185. The highest BCUT2D eigenvalue weighted by Gasteiger charge is 2.12. The van der Waals surface area contributed by atoms with Crippen LogP contribution in [0, 0.1) is 11.3 Å². The van der Waals surface area contributed by atoms with E-state index >= 15 is 0 Å². The van der Waals surface area contributed by atoms with E-state index in [4.69, 9.17) is 16.3 Å². The number of ether oxygens (including phenoxy) is 1. The van der Waals surface area contributed by atoms with Crippen LogP contribution in [0.2, 0.25) is 5.28 Å². The molecular formula is C16H13ClN6O. The highest BCUT2D eigenvalue weighted by Crippen LogP contribution is 2.27. The van der Waals surface area contributed by atoms with Crippen LogP contribution < -0.4 is 4.74 Å². The molecule has 120 valence electrons. The molecule has 24 heavy (non-hydrogen) atoms. The Hall–Kier alpha value is -2.98. The predicted octanol–water partition coefficient (Wildman–Crippen LogP) is 2.73. The molecule has 1 unspecified atom stereocenters. The second kappa shape index (κ2) is 7.06. The molecule has 2 aromatic heterocycles. The fourth-order valence-corrected chi connectivity index (χ4v) is 2.30. The number of benzene rings is 1. The van der Waals surface area contributed by atoms with Crippen LogP contribution >= 0.6 is 11.6 Å². The molecule has 7 nitrogen and oxygen atoms in total. The molecule has 0 fully saturated rings. The van der Waals surface area contributed by atoms with Gasteiger partial charge in [-0.05, 0) is 36.2 Å². The topological polar surface area (TPSA) is 89.5 Å². The second-order valence-electron chi connectivity index (χ2n) is 5.11. The average molecular weight is 341 g/mol. The average Bonchev–Trinajstić information content (AvgIpc) is 3.08. The van der Waals surface area contributed by atoms with Crippen LogP contribution in [0.25, 0.3) is 11.1 Å². The lowest BCUT2D eigenvalue weighted by Crippen LogP contribution is -2.20. The highest BCUT2D eigenvalue weighted by molar-refractivity contribution is 6.28. The SMILES string of the molecule is CC(Cn1cncn1)Oc1cc(-c2cnc(Cl)nc2)ccc1C#N. The molecule has 0 N–H and O–H groups in total. The van der Waals surface area contributed by atoms with E-state index in [0.717, 1.165) is 11.1 Å². The van der Waals surface area contributed by atoms with Gasteiger partial charge in [-0.25, -0.2) is 19.6 Å². The van der Waals surface area contributed by atoms with Gasteiger partial charge in [-0.3, -0.25) is 0 Å². The molecule has 0 aliphatic heterocycles. The normalized spacial score (nSPS) is 11.7. The third-order valence-electron chi connectivity index (χ3n) is 3.29. The number of aromatic nitrogens is 5. The van der Waals surface area contributed by atoms with E-state index in [2.05, 4.69) is 26.1 Å². The second-order valence-corrected chi connectivity index (χ2v) is 5.45. The summed E-state index contributed by atoms with van der Waals surface area (Å²) in [6.45, 7) is 2.43. The zero-order chi connectivity index (χ0) is 16.9. The summed E-state index contributed by atoms with van der Waals surface area (Å²) in [4.78, 5) is 11.8. The van der Waals surface area contributed by atoms with Crippen LogP contribution in [-0.2, 0) is 6.54 Å². The van der Waals surface area contributed by atoms with E-state index < -0.39 is 0 Å². The zero-order valence-corrected chi connectivity index (χ0v) is 13.6. The molecule has 0 aliphatic carbocycles. The van der Waals surface area contributed by atoms with E-state index in [-0.39, 0.29) is 11.4 Å². The van der Waals surface area contributed by atoms with Gasteiger partial charge in [-0.2, -0.15) is 10.4 Å². The van der Waals surface area contributed by atoms with Crippen LogP contribution in [-0.4, -0.2) is 30.8 Å². The molecule has 0 radical (unpaired) electrons. The maximum absolute atomic E-state index is 9.29.